The molecule has 0 aromatic carbocycles. The Morgan fingerprint density at radius 1 is 0.830 bits per heavy atom. The highest BCUT2D eigenvalue weighted by Gasteiger charge is 2.36. The lowest BCUT2D eigenvalue weighted by Crippen LogP contribution is -2.17. The number of aliphatic hydroxyl groups is 1. The van der Waals surface area contributed by atoms with Crippen LogP contribution in [0.15, 0.2) is 107 Å². The van der Waals surface area contributed by atoms with Crippen LogP contribution in [0.25, 0.3) is 0 Å². The molecule has 8 bridgehead atoms. The van der Waals surface area contributed by atoms with E-state index in [2.05, 4.69) is 26.1 Å². The maximum atomic E-state index is 13.5. The monoisotopic (exact) mass is 638 g/mol. The molecule has 5 aliphatic heterocycles. The van der Waals surface area contributed by atoms with Crippen molar-refractivity contribution in [2.75, 3.05) is 13.2 Å². The molecule has 0 radical (unpaired) electrons. The quantitative estimate of drug-likeness (QED) is 0.198. The summed E-state index contributed by atoms with van der Waals surface area (Å²) in [6.07, 6.45) is 10.9. The van der Waals surface area contributed by atoms with Gasteiger partial charge in [-0.2, -0.15) is 0 Å². The highest BCUT2D eigenvalue weighted by atomic mass is 16.5. The van der Waals surface area contributed by atoms with Crippen LogP contribution in [0.3, 0.4) is 0 Å². The standard InChI is InChI=1S/C38H46N4O5/c1-9-14-46-35(44)13-12-26-21(5)27-16-29-22(6)36(24(8)43)33(41-29)18-28-20(4)25(11-3)31(39-28)17-30-23(7)37(38(45)47-15-10-2)34(42-30)19-32(26)40-27/h16-19,21,26,40,43H,9-15H2,1-8H3/b27-16?,28-18?,30-17?,32-19?,36-24-/t21-,26-/m0/s1. The molecule has 9 heteroatoms. The van der Waals surface area contributed by atoms with Gasteiger partial charge in [-0.1, -0.05) is 27.7 Å². The van der Waals surface area contributed by atoms with Gasteiger partial charge in [0, 0.05) is 35.2 Å². The summed E-state index contributed by atoms with van der Waals surface area (Å²) in [6, 6.07) is 0. The zero-order valence-electron chi connectivity index (χ0n) is 28.8. The molecule has 2 N–H and O–H groups in total. The van der Waals surface area contributed by atoms with Gasteiger partial charge in [-0.05, 0) is 100.0 Å². The highest BCUT2D eigenvalue weighted by molar-refractivity contribution is 6.28. The van der Waals surface area contributed by atoms with Gasteiger partial charge >= 0.3 is 11.9 Å². The van der Waals surface area contributed by atoms with Crippen LogP contribution in [-0.4, -0.2) is 47.4 Å². The molecule has 0 aromatic rings. The fourth-order valence-electron chi connectivity index (χ4n) is 6.68. The normalized spacial score (nSPS) is 23.1. The van der Waals surface area contributed by atoms with Gasteiger partial charge in [0.05, 0.1) is 58.8 Å². The van der Waals surface area contributed by atoms with Crippen molar-refractivity contribution in [3.8, 4) is 0 Å². The van der Waals surface area contributed by atoms with Crippen LogP contribution in [0.2, 0.25) is 0 Å². The van der Waals surface area contributed by atoms with Crippen molar-refractivity contribution >= 4 is 29.1 Å². The van der Waals surface area contributed by atoms with Gasteiger partial charge < -0.3 is 19.9 Å². The van der Waals surface area contributed by atoms with Crippen LogP contribution in [0.5, 0.6) is 0 Å². The number of nitrogens with zero attached hydrogens (tertiary/aromatic N) is 3. The second kappa shape index (κ2) is 14.1. The lowest BCUT2D eigenvalue weighted by molar-refractivity contribution is -0.144. The number of ether oxygens (including phenoxy) is 2. The molecule has 5 aliphatic rings. The van der Waals surface area contributed by atoms with E-state index in [1.807, 2.05) is 52.0 Å². The van der Waals surface area contributed by atoms with Gasteiger partial charge in [-0.3, -0.25) is 4.79 Å². The largest absolute Gasteiger partial charge is 0.512 e. The second-order valence-corrected chi connectivity index (χ2v) is 12.6. The number of esters is 2. The summed E-state index contributed by atoms with van der Waals surface area (Å²) in [5, 5.41) is 14.4. The first kappa shape index (κ1) is 33.8. The van der Waals surface area contributed by atoms with Gasteiger partial charge in [-0.15, -0.1) is 0 Å². The number of allylic oxidation sites excluding steroid dienone is 12. The molecule has 47 heavy (non-hydrogen) atoms. The minimum atomic E-state index is -0.411. The molecular formula is C38H46N4O5. The van der Waals surface area contributed by atoms with Crippen molar-refractivity contribution in [1.29, 1.82) is 0 Å². The van der Waals surface area contributed by atoms with E-state index in [1.54, 1.807) is 6.92 Å². The van der Waals surface area contributed by atoms with Gasteiger partial charge in [0.1, 0.15) is 0 Å². The maximum absolute atomic E-state index is 13.5. The Balaban J connectivity index is 1.72. The molecular weight excluding hydrogens is 592 g/mol. The average molecular weight is 639 g/mol. The third-order valence-electron chi connectivity index (χ3n) is 9.30. The minimum Gasteiger partial charge on any atom is -0.512 e. The fourth-order valence-corrected chi connectivity index (χ4v) is 6.68. The summed E-state index contributed by atoms with van der Waals surface area (Å²) in [5.41, 5.74) is 10.7. The smallest absolute Gasteiger partial charge is 0.340 e. The number of hydrogen-bond acceptors (Lipinski definition) is 9. The van der Waals surface area contributed by atoms with Crippen molar-refractivity contribution in [1.82, 2.24) is 5.32 Å². The Kier molecular flexibility index (Phi) is 10.1. The summed E-state index contributed by atoms with van der Waals surface area (Å²) in [6.45, 7) is 16.4. The van der Waals surface area contributed by atoms with Crippen LogP contribution in [0.1, 0.15) is 87.5 Å². The molecule has 0 spiro atoms. The Bertz CT molecular complexity index is 1750. The molecule has 1 fully saturated rings. The third-order valence-corrected chi connectivity index (χ3v) is 9.30. The van der Waals surface area contributed by atoms with Gasteiger partial charge in [0.25, 0.3) is 0 Å². The molecule has 0 amide bonds. The molecule has 9 nitrogen and oxygen atoms in total. The molecule has 0 aromatic heterocycles. The Labute approximate surface area is 277 Å². The molecule has 248 valence electrons. The Hall–Kier alpha value is -4.53. The number of hydrogen-bond donors (Lipinski definition) is 2. The number of nitrogens with one attached hydrogen (secondary N) is 1. The van der Waals surface area contributed by atoms with Crippen molar-refractivity contribution in [3.63, 3.8) is 0 Å². The molecule has 5 rings (SSSR count). The maximum Gasteiger partial charge on any atom is 0.340 e. The van der Waals surface area contributed by atoms with Crippen molar-refractivity contribution in [2.24, 2.45) is 26.8 Å². The van der Waals surface area contributed by atoms with Crippen molar-refractivity contribution < 1.29 is 24.2 Å². The van der Waals surface area contributed by atoms with Gasteiger partial charge in [0.2, 0.25) is 0 Å². The third kappa shape index (κ3) is 6.66. The van der Waals surface area contributed by atoms with Gasteiger partial charge in [0.15, 0.2) is 0 Å². The number of carbonyl (C=O) groups excluding carboxylic acids is 2. The van der Waals surface area contributed by atoms with E-state index < -0.39 is 5.97 Å². The van der Waals surface area contributed by atoms with E-state index in [-0.39, 0.29) is 30.0 Å². The fraction of sp³-hybridized carbons (Fsp3) is 0.447. The van der Waals surface area contributed by atoms with Crippen LogP contribution in [0, 0.1) is 11.8 Å². The van der Waals surface area contributed by atoms with Crippen LogP contribution in [-0.2, 0) is 19.1 Å². The zero-order valence-corrected chi connectivity index (χ0v) is 28.8. The van der Waals surface area contributed by atoms with E-state index in [0.717, 1.165) is 63.6 Å². The summed E-state index contributed by atoms with van der Waals surface area (Å²) in [5.74, 6) is -0.527. The lowest BCUT2D eigenvalue weighted by atomic mass is 9.88. The number of aliphatic hydroxyl groups excluding tert-OH is 1. The van der Waals surface area contributed by atoms with E-state index >= 15 is 0 Å². The predicted octanol–water partition coefficient (Wildman–Crippen LogP) is 7.59. The summed E-state index contributed by atoms with van der Waals surface area (Å²) in [4.78, 5) is 41.1. The van der Waals surface area contributed by atoms with E-state index in [1.165, 1.54) is 0 Å². The van der Waals surface area contributed by atoms with E-state index in [0.29, 0.717) is 54.3 Å². The molecule has 2 atom stereocenters. The number of rotatable bonds is 9. The summed E-state index contributed by atoms with van der Waals surface area (Å²) in [7, 11) is 0. The number of fused-ring (bicyclic) bond motifs is 5. The Morgan fingerprint density at radius 2 is 1.49 bits per heavy atom. The average Bonchev–Trinajstić information content (AvgIpc) is 3.70. The molecule has 0 unspecified atom stereocenters. The molecule has 1 saturated heterocycles. The SMILES string of the molecule is CCCOC(=O)CC[C@@H]1C2=CC3=NC(=CC4=NC(=CC5=NC(=C(C)/C5=C(\C)O)C=C(N2)[C@H]1C)C(C)=C4CC)C(C)=C3C(=O)OCCC. The molecule has 0 saturated carbocycles. The first-order valence-electron chi connectivity index (χ1n) is 16.7. The first-order chi connectivity index (χ1) is 22.5. The predicted molar refractivity (Wildman–Crippen MR) is 186 cm³/mol. The summed E-state index contributed by atoms with van der Waals surface area (Å²) < 4.78 is 11.0. The lowest BCUT2D eigenvalue weighted by Gasteiger charge is -2.16. The number of aliphatic imine (C=N–C) groups is 3. The van der Waals surface area contributed by atoms with Crippen LogP contribution < -0.4 is 5.32 Å². The topological polar surface area (TPSA) is 122 Å². The van der Waals surface area contributed by atoms with E-state index in [4.69, 9.17) is 24.5 Å². The Morgan fingerprint density at radius 3 is 2.17 bits per heavy atom. The second-order valence-electron chi connectivity index (χ2n) is 12.6. The van der Waals surface area contributed by atoms with E-state index in [9.17, 15) is 14.7 Å². The zero-order chi connectivity index (χ0) is 34.0. The molecule has 5 heterocycles. The molecule has 0 aliphatic carbocycles. The minimum absolute atomic E-state index is 0.00657. The van der Waals surface area contributed by atoms with Crippen LogP contribution >= 0.6 is 0 Å². The van der Waals surface area contributed by atoms with Crippen molar-refractivity contribution in [3.05, 3.63) is 92.0 Å². The van der Waals surface area contributed by atoms with Gasteiger partial charge in [-0.25, -0.2) is 19.8 Å². The highest BCUT2D eigenvalue weighted by Crippen LogP contribution is 2.40. The number of carbonyl (C=O) groups is 2. The van der Waals surface area contributed by atoms with Crippen molar-refractivity contribution in [2.45, 2.75) is 87.5 Å². The summed E-state index contributed by atoms with van der Waals surface area (Å²) >= 11 is 0. The first-order valence-corrected chi connectivity index (χ1v) is 16.7. The van der Waals surface area contributed by atoms with Crippen LogP contribution in [0.4, 0.5) is 0 Å².